The second kappa shape index (κ2) is 6.75. The number of aliphatic hydroxyl groups is 1. The van der Waals surface area contributed by atoms with Gasteiger partial charge in [-0.3, -0.25) is 4.79 Å². The third-order valence-corrected chi connectivity index (χ3v) is 5.15. The molecule has 0 aliphatic heterocycles. The Morgan fingerprint density at radius 3 is 2.61 bits per heavy atom. The Balaban J connectivity index is 1.85. The van der Waals surface area contributed by atoms with Crippen LogP contribution in [0.4, 0.5) is 0 Å². The van der Waals surface area contributed by atoms with Gasteiger partial charge in [0, 0.05) is 31.5 Å². The van der Waals surface area contributed by atoms with E-state index in [2.05, 4.69) is 0 Å². The Bertz CT molecular complexity index is 683. The minimum absolute atomic E-state index is 0.0549. The predicted molar refractivity (Wildman–Crippen MR) is 90.5 cm³/mol. The molecule has 4 nitrogen and oxygen atoms in total. The van der Waals surface area contributed by atoms with Crippen molar-refractivity contribution in [3.63, 3.8) is 0 Å². The molecule has 4 heteroatoms. The Morgan fingerprint density at radius 1 is 1.26 bits per heavy atom. The molecule has 0 spiro atoms. The third kappa shape index (κ3) is 3.00. The fourth-order valence-corrected chi connectivity index (χ4v) is 3.64. The summed E-state index contributed by atoms with van der Waals surface area (Å²) >= 11 is 0. The van der Waals surface area contributed by atoms with Crippen molar-refractivity contribution >= 4 is 16.9 Å². The Hall–Kier alpha value is -1.81. The SMILES string of the molecule is CCc1oc2ccccc2c1C(=O)N(C)C1CCC(CO)CC1. The molecule has 0 bridgehead atoms. The van der Waals surface area contributed by atoms with Gasteiger partial charge in [0.1, 0.15) is 11.3 Å². The number of aryl methyl sites for hydroxylation is 1. The van der Waals surface area contributed by atoms with Crippen LogP contribution in [0.2, 0.25) is 0 Å². The third-order valence-electron chi connectivity index (χ3n) is 5.15. The van der Waals surface area contributed by atoms with Crippen LogP contribution in [0.25, 0.3) is 11.0 Å². The first-order valence-corrected chi connectivity index (χ1v) is 8.54. The molecule has 1 fully saturated rings. The standard InChI is InChI=1S/C19H25NO3/c1-3-16-18(15-6-4-5-7-17(15)23-16)19(22)20(2)14-10-8-13(12-21)9-11-14/h4-7,13-14,21H,3,8-12H2,1-2H3. The van der Waals surface area contributed by atoms with Crippen LogP contribution in [0.5, 0.6) is 0 Å². The highest BCUT2D eigenvalue weighted by molar-refractivity contribution is 6.07. The number of nitrogens with zero attached hydrogens (tertiary/aromatic N) is 1. The van der Waals surface area contributed by atoms with Crippen molar-refractivity contribution in [2.45, 2.75) is 45.1 Å². The lowest BCUT2D eigenvalue weighted by Gasteiger charge is -2.34. The highest BCUT2D eigenvalue weighted by Crippen LogP contribution is 2.31. The zero-order valence-corrected chi connectivity index (χ0v) is 13.9. The van der Waals surface area contributed by atoms with E-state index < -0.39 is 0 Å². The van der Waals surface area contributed by atoms with E-state index in [4.69, 9.17) is 4.42 Å². The van der Waals surface area contributed by atoms with Gasteiger partial charge in [0.25, 0.3) is 5.91 Å². The lowest BCUT2D eigenvalue weighted by Crippen LogP contribution is -2.40. The zero-order chi connectivity index (χ0) is 16.4. The summed E-state index contributed by atoms with van der Waals surface area (Å²) in [6.45, 7) is 2.28. The first kappa shape index (κ1) is 16.1. The van der Waals surface area contributed by atoms with Gasteiger partial charge < -0.3 is 14.4 Å². The summed E-state index contributed by atoms with van der Waals surface area (Å²) < 4.78 is 5.86. The van der Waals surface area contributed by atoms with Gasteiger partial charge in [0.2, 0.25) is 0 Å². The van der Waals surface area contributed by atoms with Crippen molar-refractivity contribution in [2.24, 2.45) is 5.92 Å². The van der Waals surface area contributed by atoms with E-state index in [1.165, 1.54) is 0 Å². The van der Waals surface area contributed by atoms with Crippen molar-refractivity contribution in [3.05, 3.63) is 35.6 Å². The highest BCUT2D eigenvalue weighted by atomic mass is 16.3. The maximum absolute atomic E-state index is 13.1. The van der Waals surface area contributed by atoms with Crippen molar-refractivity contribution in [2.75, 3.05) is 13.7 Å². The van der Waals surface area contributed by atoms with E-state index in [1.54, 1.807) is 0 Å². The second-order valence-corrected chi connectivity index (χ2v) is 6.52. The molecule has 0 radical (unpaired) electrons. The molecule has 1 saturated carbocycles. The average Bonchev–Trinajstić information content (AvgIpc) is 2.99. The van der Waals surface area contributed by atoms with Crippen LogP contribution in [0.1, 0.15) is 48.7 Å². The number of benzene rings is 1. The molecule has 0 saturated heterocycles. The molecule has 1 heterocycles. The number of aliphatic hydroxyl groups excluding tert-OH is 1. The molecule has 1 aromatic heterocycles. The maximum atomic E-state index is 13.1. The second-order valence-electron chi connectivity index (χ2n) is 6.52. The topological polar surface area (TPSA) is 53.7 Å². The molecule has 0 atom stereocenters. The lowest BCUT2D eigenvalue weighted by molar-refractivity contribution is 0.0652. The highest BCUT2D eigenvalue weighted by Gasteiger charge is 2.29. The minimum Gasteiger partial charge on any atom is -0.460 e. The number of carbonyl (C=O) groups excluding carboxylic acids is 1. The monoisotopic (exact) mass is 315 g/mol. The van der Waals surface area contributed by atoms with E-state index in [9.17, 15) is 9.90 Å². The molecule has 124 valence electrons. The van der Waals surface area contributed by atoms with E-state index in [-0.39, 0.29) is 18.6 Å². The van der Waals surface area contributed by atoms with Gasteiger partial charge in [0.05, 0.1) is 5.56 Å². The van der Waals surface area contributed by atoms with E-state index in [0.717, 1.165) is 48.0 Å². The number of hydrogen-bond acceptors (Lipinski definition) is 3. The molecule has 0 unspecified atom stereocenters. The molecule has 1 aliphatic carbocycles. The number of hydrogen-bond donors (Lipinski definition) is 1. The van der Waals surface area contributed by atoms with Crippen molar-refractivity contribution in [1.82, 2.24) is 4.90 Å². The Morgan fingerprint density at radius 2 is 1.96 bits per heavy atom. The quantitative estimate of drug-likeness (QED) is 0.937. The number of amides is 1. The number of furan rings is 1. The van der Waals surface area contributed by atoms with Crippen molar-refractivity contribution in [3.8, 4) is 0 Å². The van der Waals surface area contributed by atoms with E-state index in [1.807, 2.05) is 43.1 Å². The van der Waals surface area contributed by atoms with Gasteiger partial charge in [-0.05, 0) is 37.7 Å². The van der Waals surface area contributed by atoms with Crippen molar-refractivity contribution in [1.29, 1.82) is 0 Å². The summed E-state index contributed by atoms with van der Waals surface area (Å²) in [5.74, 6) is 1.22. The number of carbonyl (C=O) groups is 1. The molecule has 1 aliphatic rings. The predicted octanol–water partition coefficient (Wildman–Crippen LogP) is 3.62. The summed E-state index contributed by atoms with van der Waals surface area (Å²) in [5.41, 5.74) is 1.50. The van der Waals surface area contributed by atoms with Crippen LogP contribution in [-0.4, -0.2) is 35.6 Å². The molecule has 1 N–H and O–H groups in total. The number of rotatable bonds is 4. The lowest BCUT2D eigenvalue weighted by atomic mass is 9.86. The molecule has 2 aromatic rings. The Labute approximate surface area is 137 Å². The van der Waals surface area contributed by atoms with Crippen LogP contribution >= 0.6 is 0 Å². The largest absolute Gasteiger partial charge is 0.460 e. The van der Waals surface area contributed by atoms with Crippen LogP contribution < -0.4 is 0 Å². The normalized spacial score (nSPS) is 21.5. The van der Waals surface area contributed by atoms with Crippen molar-refractivity contribution < 1.29 is 14.3 Å². The first-order valence-electron chi connectivity index (χ1n) is 8.54. The van der Waals surface area contributed by atoms with Gasteiger partial charge in [-0.15, -0.1) is 0 Å². The van der Waals surface area contributed by atoms with Crippen LogP contribution in [0.15, 0.2) is 28.7 Å². The maximum Gasteiger partial charge on any atom is 0.258 e. The zero-order valence-electron chi connectivity index (χ0n) is 13.9. The summed E-state index contributed by atoms with van der Waals surface area (Å²) in [7, 11) is 1.90. The molecular weight excluding hydrogens is 290 g/mol. The summed E-state index contributed by atoms with van der Waals surface area (Å²) in [6, 6.07) is 8.00. The smallest absolute Gasteiger partial charge is 0.258 e. The fourth-order valence-electron chi connectivity index (χ4n) is 3.64. The van der Waals surface area contributed by atoms with Gasteiger partial charge in [-0.25, -0.2) is 0 Å². The van der Waals surface area contributed by atoms with Gasteiger partial charge in [0.15, 0.2) is 0 Å². The molecule has 1 amide bonds. The summed E-state index contributed by atoms with van der Waals surface area (Å²) in [5, 5.41) is 10.2. The first-order chi connectivity index (χ1) is 11.2. The summed E-state index contributed by atoms with van der Waals surface area (Å²) in [6.07, 6.45) is 4.62. The molecule has 3 rings (SSSR count). The van der Waals surface area contributed by atoms with E-state index >= 15 is 0 Å². The molecular formula is C19H25NO3. The van der Waals surface area contributed by atoms with Crippen LogP contribution in [0, 0.1) is 5.92 Å². The van der Waals surface area contributed by atoms with E-state index in [0.29, 0.717) is 12.3 Å². The van der Waals surface area contributed by atoms with Crippen LogP contribution in [0.3, 0.4) is 0 Å². The van der Waals surface area contributed by atoms with Gasteiger partial charge >= 0.3 is 0 Å². The molecule has 23 heavy (non-hydrogen) atoms. The number of para-hydroxylation sites is 1. The Kier molecular flexibility index (Phi) is 4.71. The van der Waals surface area contributed by atoms with Crippen LogP contribution in [-0.2, 0) is 6.42 Å². The minimum atomic E-state index is 0.0549. The fraction of sp³-hybridized carbons (Fsp3) is 0.526. The van der Waals surface area contributed by atoms with Gasteiger partial charge in [-0.1, -0.05) is 25.1 Å². The number of fused-ring (bicyclic) bond motifs is 1. The van der Waals surface area contributed by atoms with Gasteiger partial charge in [-0.2, -0.15) is 0 Å². The summed E-state index contributed by atoms with van der Waals surface area (Å²) in [4.78, 5) is 14.9. The average molecular weight is 315 g/mol. The molecule has 1 aromatic carbocycles.